The summed E-state index contributed by atoms with van der Waals surface area (Å²) in [5.41, 5.74) is 1.86. The van der Waals surface area contributed by atoms with E-state index in [0.29, 0.717) is 33.7 Å². The van der Waals surface area contributed by atoms with E-state index >= 15 is 0 Å². The summed E-state index contributed by atoms with van der Waals surface area (Å²) in [5.74, 6) is 0.135. The fraction of sp³-hybridized carbons (Fsp3) is 0.143. The Balaban J connectivity index is 2.03. The molecule has 0 unspecified atom stereocenters. The van der Waals surface area contributed by atoms with Gasteiger partial charge in [-0.15, -0.1) is 0 Å². The third-order valence-electron chi connectivity index (χ3n) is 5.74. The van der Waals surface area contributed by atoms with Crippen LogP contribution in [0.25, 0.3) is 17.1 Å². The Bertz CT molecular complexity index is 1460. The number of para-hydroxylation sites is 1. The van der Waals surface area contributed by atoms with Crippen molar-refractivity contribution in [3.05, 3.63) is 105 Å². The monoisotopic (exact) mass is 499 g/mol. The number of amides is 1. The summed E-state index contributed by atoms with van der Waals surface area (Å²) in [4.78, 5) is 31.3. The van der Waals surface area contributed by atoms with E-state index in [2.05, 4.69) is 24.5 Å². The van der Waals surface area contributed by atoms with Crippen molar-refractivity contribution in [3.8, 4) is 17.1 Å². The van der Waals surface area contributed by atoms with Crippen molar-refractivity contribution in [1.29, 1.82) is 5.41 Å². The molecular formula is C28H26ClN5O2. The Hall–Kier alpha value is -4.23. The van der Waals surface area contributed by atoms with Gasteiger partial charge in [0.15, 0.2) is 0 Å². The van der Waals surface area contributed by atoms with Crippen LogP contribution in [-0.2, 0) is 4.79 Å². The molecule has 3 N–H and O–H groups in total. The van der Waals surface area contributed by atoms with Crippen molar-refractivity contribution >= 4 is 34.7 Å². The highest BCUT2D eigenvalue weighted by Crippen LogP contribution is 2.27. The standard InChI is InChI=1S/C28H26ClN5O2/c1-17(2)18-9-11-19(12-10-18)26-33-25(32-21-7-5-4-6-8-21)23(24(30)27(35)31-3)28(36)34(26)22-15-13-20(29)14-16-22/h4-17,30,32H,1-3H3,(H,31,35). The van der Waals surface area contributed by atoms with Crippen LogP contribution < -0.4 is 16.2 Å². The van der Waals surface area contributed by atoms with Crippen molar-refractivity contribution in [2.24, 2.45) is 0 Å². The normalized spacial score (nSPS) is 10.8. The second kappa shape index (κ2) is 10.6. The molecule has 0 atom stereocenters. The first-order valence-electron chi connectivity index (χ1n) is 11.5. The van der Waals surface area contributed by atoms with Gasteiger partial charge >= 0.3 is 0 Å². The quantitative estimate of drug-likeness (QED) is 0.291. The van der Waals surface area contributed by atoms with Gasteiger partial charge in [-0.25, -0.2) is 4.98 Å². The number of hydrogen-bond acceptors (Lipinski definition) is 5. The molecule has 7 nitrogen and oxygen atoms in total. The van der Waals surface area contributed by atoms with E-state index in [4.69, 9.17) is 22.0 Å². The van der Waals surface area contributed by atoms with E-state index in [1.54, 1.807) is 24.3 Å². The van der Waals surface area contributed by atoms with Gasteiger partial charge in [0.2, 0.25) is 0 Å². The SMILES string of the molecule is CNC(=O)C(=N)c1c(Nc2ccccc2)nc(-c2ccc(C(C)C)cc2)n(-c2ccc(Cl)cc2)c1=O. The van der Waals surface area contributed by atoms with Gasteiger partial charge in [0.25, 0.3) is 11.5 Å². The second-order valence-electron chi connectivity index (χ2n) is 8.50. The van der Waals surface area contributed by atoms with E-state index in [-0.39, 0.29) is 11.4 Å². The molecule has 0 aliphatic carbocycles. The number of halogens is 1. The number of nitrogens with one attached hydrogen (secondary N) is 3. The lowest BCUT2D eigenvalue weighted by Crippen LogP contribution is -2.36. The van der Waals surface area contributed by atoms with E-state index in [9.17, 15) is 9.59 Å². The fourth-order valence-electron chi connectivity index (χ4n) is 3.77. The molecule has 8 heteroatoms. The second-order valence-corrected chi connectivity index (χ2v) is 8.93. The van der Waals surface area contributed by atoms with Crippen molar-refractivity contribution in [2.45, 2.75) is 19.8 Å². The van der Waals surface area contributed by atoms with Crippen LogP contribution in [0.2, 0.25) is 5.02 Å². The predicted octanol–water partition coefficient (Wildman–Crippen LogP) is 5.53. The summed E-state index contributed by atoms with van der Waals surface area (Å²) in [5, 5.41) is 14.6. The smallest absolute Gasteiger partial charge is 0.270 e. The van der Waals surface area contributed by atoms with Crippen LogP contribution in [0, 0.1) is 5.41 Å². The number of likely N-dealkylation sites (N-methyl/N-ethyl adjacent to an activating group) is 1. The summed E-state index contributed by atoms with van der Waals surface area (Å²) in [6.07, 6.45) is 0. The number of hydrogen-bond donors (Lipinski definition) is 3. The van der Waals surface area contributed by atoms with Crippen molar-refractivity contribution < 1.29 is 4.79 Å². The van der Waals surface area contributed by atoms with Crippen molar-refractivity contribution in [3.63, 3.8) is 0 Å². The number of aromatic nitrogens is 2. The highest BCUT2D eigenvalue weighted by Gasteiger charge is 2.25. The molecule has 36 heavy (non-hydrogen) atoms. The molecule has 3 aromatic carbocycles. The molecule has 0 bridgehead atoms. The minimum Gasteiger partial charge on any atom is -0.354 e. The molecule has 0 fully saturated rings. The molecule has 0 radical (unpaired) electrons. The first-order chi connectivity index (χ1) is 17.3. The summed E-state index contributed by atoms with van der Waals surface area (Å²) in [6.45, 7) is 4.22. The van der Waals surface area contributed by atoms with Crippen LogP contribution >= 0.6 is 11.6 Å². The topological polar surface area (TPSA) is 99.9 Å². The molecule has 0 saturated carbocycles. The van der Waals surface area contributed by atoms with Gasteiger partial charge in [0.1, 0.15) is 22.9 Å². The average molecular weight is 500 g/mol. The van der Waals surface area contributed by atoms with Crippen molar-refractivity contribution in [1.82, 2.24) is 14.9 Å². The summed E-state index contributed by atoms with van der Waals surface area (Å²) in [7, 11) is 1.41. The third-order valence-corrected chi connectivity index (χ3v) is 6.00. The van der Waals surface area contributed by atoms with Crippen LogP contribution in [0.4, 0.5) is 11.5 Å². The van der Waals surface area contributed by atoms with Gasteiger partial charge in [-0.3, -0.25) is 19.6 Å². The predicted molar refractivity (Wildman–Crippen MR) is 145 cm³/mol. The summed E-state index contributed by atoms with van der Waals surface area (Å²) < 4.78 is 1.41. The Morgan fingerprint density at radius 2 is 1.61 bits per heavy atom. The Kier molecular flexibility index (Phi) is 7.31. The van der Waals surface area contributed by atoms with Gasteiger partial charge in [-0.1, -0.05) is 67.9 Å². The molecule has 0 spiro atoms. The molecule has 1 aromatic heterocycles. The van der Waals surface area contributed by atoms with E-state index in [1.807, 2.05) is 54.6 Å². The maximum Gasteiger partial charge on any atom is 0.270 e. The van der Waals surface area contributed by atoms with Crippen LogP contribution in [-0.4, -0.2) is 28.2 Å². The van der Waals surface area contributed by atoms with Crippen molar-refractivity contribution in [2.75, 3.05) is 12.4 Å². The van der Waals surface area contributed by atoms with Crippen LogP contribution in [0.3, 0.4) is 0 Å². The summed E-state index contributed by atoms with van der Waals surface area (Å²) >= 11 is 6.10. The molecule has 1 amide bonds. The first kappa shape index (κ1) is 24.9. The lowest BCUT2D eigenvalue weighted by atomic mass is 10.0. The number of nitrogens with zero attached hydrogens (tertiary/aromatic N) is 2. The zero-order chi connectivity index (χ0) is 25.8. The number of benzene rings is 3. The fourth-order valence-corrected chi connectivity index (χ4v) is 3.90. The van der Waals surface area contributed by atoms with Crippen LogP contribution in [0.1, 0.15) is 30.9 Å². The number of anilines is 2. The Labute approximate surface area is 214 Å². The van der Waals surface area contributed by atoms with Crippen LogP contribution in [0.5, 0.6) is 0 Å². The van der Waals surface area contributed by atoms with Gasteiger partial charge in [-0.05, 0) is 47.9 Å². The molecule has 1 heterocycles. The third kappa shape index (κ3) is 5.06. The largest absolute Gasteiger partial charge is 0.354 e. The van der Waals surface area contributed by atoms with Gasteiger partial charge in [0, 0.05) is 23.3 Å². The first-order valence-corrected chi connectivity index (χ1v) is 11.8. The maximum atomic E-state index is 14.0. The molecule has 182 valence electrons. The maximum absolute atomic E-state index is 14.0. The zero-order valence-electron chi connectivity index (χ0n) is 20.2. The molecule has 0 aliphatic heterocycles. The van der Waals surface area contributed by atoms with E-state index < -0.39 is 17.2 Å². The number of carbonyl (C=O) groups excluding carboxylic acids is 1. The molecule has 0 aliphatic rings. The van der Waals surface area contributed by atoms with E-state index in [0.717, 1.165) is 5.56 Å². The average Bonchev–Trinajstić information content (AvgIpc) is 2.89. The van der Waals surface area contributed by atoms with E-state index in [1.165, 1.54) is 11.6 Å². The molecular weight excluding hydrogens is 474 g/mol. The molecule has 4 aromatic rings. The van der Waals surface area contributed by atoms with Gasteiger partial charge in [0.05, 0.1) is 5.69 Å². The Morgan fingerprint density at radius 1 is 0.972 bits per heavy atom. The lowest BCUT2D eigenvalue weighted by molar-refractivity contribution is -0.114. The minimum atomic E-state index is -0.693. The lowest BCUT2D eigenvalue weighted by Gasteiger charge is -2.19. The molecule has 0 saturated heterocycles. The molecule has 4 rings (SSSR count). The highest BCUT2D eigenvalue weighted by molar-refractivity contribution is 6.45. The number of carbonyl (C=O) groups is 1. The highest BCUT2D eigenvalue weighted by atomic mass is 35.5. The van der Waals surface area contributed by atoms with Crippen LogP contribution in [0.15, 0.2) is 83.7 Å². The summed E-state index contributed by atoms with van der Waals surface area (Å²) in [6, 6.07) is 23.8. The number of rotatable bonds is 7. The Morgan fingerprint density at radius 3 is 2.19 bits per heavy atom. The van der Waals surface area contributed by atoms with Gasteiger partial charge < -0.3 is 10.6 Å². The van der Waals surface area contributed by atoms with Gasteiger partial charge in [-0.2, -0.15) is 0 Å². The zero-order valence-corrected chi connectivity index (χ0v) is 20.9. The minimum absolute atomic E-state index is 0.118.